The third-order valence-corrected chi connectivity index (χ3v) is 2.89. The number of benzene rings is 1. The van der Waals surface area contributed by atoms with E-state index in [1.807, 2.05) is 0 Å². The highest BCUT2D eigenvalue weighted by molar-refractivity contribution is 5.80. The Hall–Kier alpha value is -2.11. The third-order valence-electron chi connectivity index (χ3n) is 2.89. The molecule has 0 atom stereocenters. The van der Waals surface area contributed by atoms with Crippen LogP contribution in [0.3, 0.4) is 0 Å². The number of nitrogens with zero attached hydrogens (tertiary/aromatic N) is 2. The number of carbonyl (C=O) groups is 1. The van der Waals surface area contributed by atoms with Crippen molar-refractivity contribution in [3.05, 3.63) is 54.1 Å². The zero-order chi connectivity index (χ0) is 14.6. The van der Waals surface area contributed by atoms with Crippen molar-refractivity contribution in [3.63, 3.8) is 0 Å². The minimum atomic E-state index is -4.34. The lowest BCUT2D eigenvalue weighted by Crippen LogP contribution is -2.08. The van der Waals surface area contributed by atoms with Crippen LogP contribution in [0, 0.1) is 0 Å². The number of imidazole rings is 1. The second kappa shape index (κ2) is 5.90. The number of aromatic nitrogens is 2. The first-order chi connectivity index (χ1) is 9.45. The molecule has 106 valence electrons. The minimum Gasteiger partial charge on any atom is -0.337 e. The summed E-state index contributed by atoms with van der Waals surface area (Å²) < 4.78 is 38.9. The molecule has 0 amide bonds. The van der Waals surface area contributed by atoms with Gasteiger partial charge in [-0.25, -0.2) is 4.98 Å². The zero-order valence-corrected chi connectivity index (χ0v) is 10.6. The number of carbonyl (C=O) groups excluding carboxylic acids is 1. The Morgan fingerprint density at radius 3 is 2.45 bits per heavy atom. The van der Waals surface area contributed by atoms with Crippen LogP contribution in [-0.2, 0) is 23.9 Å². The number of rotatable bonds is 5. The van der Waals surface area contributed by atoms with E-state index < -0.39 is 11.7 Å². The first-order valence-electron chi connectivity index (χ1n) is 6.09. The maximum Gasteiger partial charge on any atom is 0.416 e. The molecule has 1 aromatic heterocycles. The van der Waals surface area contributed by atoms with Crippen molar-refractivity contribution in [2.24, 2.45) is 0 Å². The van der Waals surface area contributed by atoms with Crippen LogP contribution < -0.4 is 0 Å². The summed E-state index contributed by atoms with van der Waals surface area (Å²) in [6.45, 7) is 0.527. The molecule has 1 aromatic carbocycles. The van der Waals surface area contributed by atoms with Crippen molar-refractivity contribution in [1.29, 1.82) is 0 Å². The Balaban J connectivity index is 1.88. The highest BCUT2D eigenvalue weighted by Gasteiger charge is 2.29. The van der Waals surface area contributed by atoms with Crippen LogP contribution in [-0.4, -0.2) is 15.3 Å². The highest BCUT2D eigenvalue weighted by Crippen LogP contribution is 2.29. The van der Waals surface area contributed by atoms with Crippen molar-refractivity contribution >= 4 is 5.78 Å². The summed E-state index contributed by atoms with van der Waals surface area (Å²) in [5.41, 5.74) is -0.110. The van der Waals surface area contributed by atoms with Gasteiger partial charge in [-0.2, -0.15) is 13.2 Å². The van der Waals surface area contributed by atoms with Crippen LogP contribution in [0.15, 0.2) is 43.0 Å². The van der Waals surface area contributed by atoms with Crippen molar-refractivity contribution < 1.29 is 18.0 Å². The van der Waals surface area contributed by atoms with Gasteiger partial charge in [0.25, 0.3) is 0 Å². The molecule has 20 heavy (non-hydrogen) atoms. The van der Waals surface area contributed by atoms with Crippen molar-refractivity contribution in [1.82, 2.24) is 9.55 Å². The van der Waals surface area contributed by atoms with Crippen molar-refractivity contribution in [2.75, 3.05) is 0 Å². The van der Waals surface area contributed by atoms with E-state index in [0.29, 0.717) is 18.5 Å². The summed E-state index contributed by atoms with van der Waals surface area (Å²) >= 11 is 0. The van der Waals surface area contributed by atoms with Crippen LogP contribution in [0.25, 0.3) is 0 Å². The summed E-state index contributed by atoms with van der Waals surface area (Å²) in [5, 5.41) is 0. The van der Waals surface area contributed by atoms with E-state index in [1.165, 1.54) is 12.1 Å². The lowest BCUT2D eigenvalue weighted by Gasteiger charge is -2.07. The molecule has 0 aliphatic carbocycles. The summed E-state index contributed by atoms with van der Waals surface area (Å²) in [6.07, 6.45) is 1.13. The number of alkyl halides is 3. The molecule has 0 radical (unpaired) electrons. The molecule has 2 rings (SSSR count). The van der Waals surface area contributed by atoms with E-state index in [2.05, 4.69) is 4.98 Å². The Kier molecular flexibility index (Phi) is 4.22. The van der Waals surface area contributed by atoms with Crippen LogP contribution in [0.4, 0.5) is 13.2 Å². The van der Waals surface area contributed by atoms with E-state index in [-0.39, 0.29) is 12.2 Å². The van der Waals surface area contributed by atoms with Crippen LogP contribution >= 0.6 is 0 Å². The Labute approximate surface area is 114 Å². The molecule has 0 saturated heterocycles. The van der Waals surface area contributed by atoms with Gasteiger partial charge in [0.05, 0.1) is 11.9 Å². The number of hydrogen-bond donors (Lipinski definition) is 0. The highest BCUT2D eigenvalue weighted by atomic mass is 19.4. The van der Waals surface area contributed by atoms with E-state index in [4.69, 9.17) is 0 Å². The lowest BCUT2D eigenvalue weighted by molar-refractivity contribution is -0.137. The topological polar surface area (TPSA) is 34.9 Å². The van der Waals surface area contributed by atoms with Crippen LogP contribution in [0.2, 0.25) is 0 Å². The van der Waals surface area contributed by atoms with E-state index >= 15 is 0 Å². The summed E-state index contributed by atoms with van der Waals surface area (Å²) in [6, 6.07) is 4.69. The summed E-state index contributed by atoms with van der Waals surface area (Å²) in [5.74, 6) is -0.0153. The van der Waals surface area contributed by atoms with Gasteiger partial charge in [0.1, 0.15) is 5.78 Å². The predicted octanol–water partition coefficient (Wildman–Crippen LogP) is 3.10. The van der Waals surface area contributed by atoms with Crippen LogP contribution in [0.1, 0.15) is 17.5 Å². The molecular weight excluding hydrogens is 269 g/mol. The summed E-state index contributed by atoms with van der Waals surface area (Å²) in [4.78, 5) is 15.6. The number of hydrogen-bond acceptors (Lipinski definition) is 2. The Morgan fingerprint density at radius 1 is 1.20 bits per heavy atom. The molecule has 0 spiro atoms. The van der Waals surface area contributed by atoms with Gasteiger partial charge in [-0.15, -0.1) is 0 Å². The van der Waals surface area contributed by atoms with Gasteiger partial charge in [0.2, 0.25) is 0 Å². The molecule has 0 aliphatic heterocycles. The van der Waals surface area contributed by atoms with Gasteiger partial charge in [-0.05, 0) is 17.7 Å². The summed E-state index contributed by atoms with van der Waals surface area (Å²) in [7, 11) is 0. The van der Waals surface area contributed by atoms with Gasteiger partial charge >= 0.3 is 6.18 Å². The minimum absolute atomic E-state index is 0.0153. The SMILES string of the molecule is O=C(CCn1ccnc1)Cc1ccc(C(F)(F)F)cc1. The van der Waals surface area contributed by atoms with Crippen LogP contribution in [0.5, 0.6) is 0 Å². The number of Topliss-reactive ketones (excluding diaryl/α,β-unsaturated/α-hetero) is 1. The van der Waals surface area contributed by atoms with E-state index in [9.17, 15) is 18.0 Å². The average molecular weight is 282 g/mol. The fraction of sp³-hybridized carbons (Fsp3) is 0.286. The molecule has 0 bridgehead atoms. The van der Waals surface area contributed by atoms with E-state index in [0.717, 1.165) is 12.1 Å². The fourth-order valence-electron chi connectivity index (χ4n) is 1.80. The molecule has 0 aliphatic rings. The second-order valence-corrected chi connectivity index (χ2v) is 4.46. The van der Waals surface area contributed by atoms with Gasteiger partial charge in [0.15, 0.2) is 0 Å². The number of ketones is 1. The van der Waals surface area contributed by atoms with Gasteiger partial charge < -0.3 is 4.57 Å². The van der Waals surface area contributed by atoms with Gasteiger partial charge in [-0.1, -0.05) is 12.1 Å². The molecule has 0 N–H and O–H groups in total. The van der Waals surface area contributed by atoms with Crippen molar-refractivity contribution in [3.8, 4) is 0 Å². The second-order valence-electron chi connectivity index (χ2n) is 4.46. The molecular formula is C14H13F3N2O. The Bertz CT molecular complexity index is 559. The van der Waals surface area contributed by atoms with Crippen molar-refractivity contribution in [2.45, 2.75) is 25.6 Å². The zero-order valence-electron chi connectivity index (χ0n) is 10.6. The standard InChI is InChI=1S/C14H13F3N2O/c15-14(16,17)12-3-1-11(2-4-12)9-13(20)5-7-19-8-6-18-10-19/h1-4,6,8,10H,5,7,9H2. The third kappa shape index (κ3) is 3.94. The molecule has 1 heterocycles. The van der Waals surface area contributed by atoms with Gasteiger partial charge in [0, 0.05) is 31.8 Å². The van der Waals surface area contributed by atoms with E-state index in [1.54, 1.807) is 23.3 Å². The molecule has 2 aromatic rings. The molecule has 0 saturated carbocycles. The fourth-order valence-corrected chi connectivity index (χ4v) is 1.80. The molecule has 0 unspecified atom stereocenters. The first-order valence-corrected chi connectivity index (χ1v) is 6.09. The normalized spacial score (nSPS) is 11.6. The monoisotopic (exact) mass is 282 g/mol. The smallest absolute Gasteiger partial charge is 0.337 e. The Morgan fingerprint density at radius 2 is 1.90 bits per heavy atom. The maximum atomic E-state index is 12.4. The molecule has 0 fully saturated rings. The average Bonchev–Trinajstić information content (AvgIpc) is 2.89. The number of halogens is 3. The molecule has 3 nitrogen and oxygen atoms in total. The lowest BCUT2D eigenvalue weighted by atomic mass is 10.0. The maximum absolute atomic E-state index is 12.4. The first kappa shape index (κ1) is 14.3. The largest absolute Gasteiger partial charge is 0.416 e. The quantitative estimate of drug-likeness (QED) is 0.844. The number of aryl methyl sites for hydroxylation is 1. The van der Waals surface area contributed by atoms with Gasteiger partial charge in [-0.3, -0.25) is 4.79 Å². The molecule has 6 heteroatoms. The predicted molar refractivity (Wildman–Crippen MR) is 67.0 cm³/mol.